The van der Waals surface area contributed by atoms with Crippen molar-refractivity contribution in [2.24, 2.45) is 5.41 Å². The first-order valence-corrected chi connectivity index (χ1v) is 7.64. The molecule has 2 aliphatic rings. The van der Waals surface area contributed by atoms with Crippen LogP contribution in [0.5, 0.6) is 0 Å². The zero-order valence-electron chi connectivity index (χ0n) is 11.5. The van der Waals surface area contributed by atoms with Gasteiger partial charge in [0.25, 0.3) is 0 Å². The van der Waals surface area contributed by atoms with Gasteiger partial charge in [-0.1, -0.05) is 19.3 Å². The van der Waals surface area contributed by atoms with Crippen molar-refractivity contribution >= 4 is 5.97 Å². The number of unbranched alkanes of at least 4 members (excludes halogenated alkanes) is 1. The van der Waals surface area contributed by atoms with Gasteiger partial charge in [-0.3, -0.25) is 4.79 Å². The molecule has 2 fully saturated rings. The normalized spacial score (nSPS) is 24.2. The van der Waals surface area contributed by atoms with E-state index in [-0.39, 0.29) is 0 Å². The van der Waals surface area contributed by atoms with Crippen molar-refractivity contribution in [3.8, 4) is 0 Å². The molecular formula is C15H27NO2. The molecule has 3 heteroatoms. The summed E-state index contributed by atoms with van der Waals surface area (Å²) in [5.41, 5.74) is 0.628. The number of carboxylic acid groups (broad SMARTS) is 1. The fourth-order valence-corrected chi connectivity index (χ4v) is 3.82. The molecule has 0 aromatic rings. The number of hydrogen-bond acceptors (Lipinski definition) is 2. The lowest BCUT2D eigenvalue weighted by atomic mass is 9.69. The van der Waals surface area contributed by atoms with E-state index in [2.05, 4.69) is 4.90 Å². The van der Waals surface area contributed by atoms with Crippen LogP contribution in [0.15, 0.2) is 0 Å². The van der Waals surface area contributed by atoms with Crippen molar-refractivity contribution < 1.29 is 9.90 Å². The number of rotatable bonds is 5. The fourth-order valence-electron chi connectivity index (χ4n) is 3.82. The Hall–Kier alpha value is -0.570. The molecule has 1 saturated carbocycles. The van der Waals surface area contributed by atoms with Gasteiger partial charge >= 0.3 is 5.97 Å². The van der Waals surface area contributed by atoms with Crippen LogP contribution in [0.1, 0.15) is 64.2 Å². The second-order valence-electron chi connectivity index (χ2n) is 6.29. The first-order valence-electron chi connectivity index (χ1n) is 7.64. The largest absolute Gasteiger partial charge is 0.481 e. The van der Waals surface area contributed by atoms with Crippen LogP contribution < -0.4 is 0 Å². The molecule has 0 unspecified atom stereocenters. The summed E-state index contributed by atoms with van der Waals surface area (Å²) in [7, 11) is 0. The molecule has 3 nitrogen and oxygen atoms in total. The van der Waals surface area contributed by atoms with E-state index in [1.165, 1.54) is 58.0 Å². The van der Waals surface area contributed by atoms with Crippen molar-refractivity contribution in [1.82, 2.24) is 4.90 Å². The second kappa shape index (κ2) is 6.55. The summed E-state index contributed by atoms with van der Waals surface area (Å²) in [4.78, 5) is 13.1. The van der Waals surface area contributed by atoms with Crippen LogP contribution in [0.2, 0.25) is 0 Å². The number of hydrogen-bond donors (Lipinski definition) is 1. The molecule has 18 heavy (non-hydrogen) atoms. The highest BCUT2D eigenvalue weighted by molar-refractivity contribution is 5.66. The van der Waals surface area contributed by atoms with Gasteiger partial charge in [0.2, 0.25) is 0 Å². The summed E-state index contributed by atoms with van der Waals surface area (Å²) in [5.74, 6) is -0.655. The van der Waals surface area contributed by atoms with Crippen molar-refractivity contribution in [2.45, 2.75) is 64.2 Å². The van der Waals surface area contributed by atoms with Crippen LogP contribution in [0, 0.1) is 5.41 Å². The summed E-state index contributed by atoms with van der Waals surface area (Å²) >= 11 is 0. The van der Waals surface area contributed by atoms with Crippen LogP contribution in [-0.2, 0) is 4.79 Å². The Bertz CT molecular complexity index is 266. The summed E-state index contributed by atoms with van der Waals surface area (Å²) in [6, 6.07) is 0. The molecule has 1 saturated heterocycles. The molecular weight excluding hydrogens is 226 g/mol. The van der Waals surface area contributed by atoms with Crippen LogP contribution >= 0.6 is 0 Å². The molecule has 0 aromatic heterocycles. The smallest absolute Gasteiger partial charge is 0.303 e. The highest BCUT2D eigenvalue weighted by atomic mass is 16.4. The van der Waals surface area contributed by atoms with Gasteiger partial charge in [0.1, 0.15) is 0 Å². The zero-order chi connectivity index (χ0) is 12.8. The number of likely N-dealkylation sites (tertiary alicyclic amines) is 1. The summed E-state index contributed by atoms with van der Waals surface area (Å²) in [6.45, 7) is 3.62. The molecule has 0 aromatic carbocycles. The summed E-state index contributed by atoms with van der Waals surface area (Å²) < 4.78 is 0. The number of carboxylic acids is 1. The van der Waals surface area contributed by atoms with Gasteiger partial charge in [0.15, 0.2) is 0 Å². The van der Waals surface area contributed by atoms with Crippen LogP contribution in [-0.4, -0.2) is 35.6 Å². The average molecular weight is 253 g/mol. The predicted molar refractivity (Wildman–Crippen MR) is 72.7 cm³/mol. The lowest BCUT2D eigenvalue weighted by Gasteiger charge is -2.45. The predicted octanol–water partition coefficient (Wildman–Crippen LogP) is 3.29. The number of nitrogens with zero attached hydrogens (tertiary/aromatic N) is 1. The molecule has 0 bridgehead atoms. The zero-order valence-corrected chi connectivity index (χ0v) is 11.5. The minimum absolute atomic E-state index is 0.332. The standard InChI is InChI=1S/C15H27NO2/c17-14(18)7-2-5-11-16-12-6-10-15(13-16)8-3-1-4-9-15/h1-13H2,(H,17,18). The Morgan fingerprint density at radius 3 is 2.50 bits per heavy atom. The Labute approximate surface area is 111 Å². The highest BCUT2D eigenvalue weighted by Crippen LogP contribution is 2.43. The molecule has 0 atom stereocenters. The second-order valence-corrected chi connectivity index (χ2v) is 6.29. The lowest BCUT2D eigenvalue weighted by Crippen LogP contribution is -2.44. The van der Waals surface area contributed by atoms with E-state index >= 15 is 0 Å². The van der Waals surface area contributed by atoms with Gasteiger partial charge in [-0.2, -0.15) is 0 Å². The average Bonchev–Trinajstić information content (AvgIpc) is 2.36. The van der Waals surface area contributed by atoms with E-state index in [9.17, 15) is 4.79 Å². The van der Waals surface area contributed by atoms with Gasteiger partial charge < -0.3 is 10.0 Å². The molecule has 0 amide bonds. The van der Waals surface area contributed by atoms with Gasteiger partial charge in [-0.25, -0.2) is 0 Å². The summed E-state index contributed by atoms with van der Waals surface area (Å²) in [6.07, 6.45) is 12.1. The SMILES string of the molecule is O=C(O)CCCCN1CCCC2(CCCCC2)C1. The molecule has 1 N–H and O–H groups in total. The molecule has 2 rings (SSSR count). The van der Waals surface area contributed by atoms with E-state index in [1.807, 2.05) is 0 Å². The third kappa shape index (κ3) is 3.98. The lowest BCUT2D eigenvalue weighted by molar-refractivity contribution is -0.137. The van der Waals surface area contributed by atoms with E-state index in [0.717, 1.165) is 19.4 Å². The van der Waals surface area contributed by atoms with Crippen LogP contribution in [0.25, 0.3) is 0 Å². The van der Waals surface area contributed by atoms with Gasteiger partial charge in [0, 0.05) is 13.0 Å². The fraction of sp³-hybridized carbons (Fsp3) is 0.933. The molecule has 1 aliphatic heterocycles. The minimum atomic E-state index is -0.655. The van der Waals surface area contributed by atoms with E-state index in [4.69, 9.17) is 5.11 Å². The Morgan fingerprint density at radius 2 is 1.78 bits per heavy atom. The van der Waals surface area contributed by atoms with Crippen molar-refractivity contribution in [2.75, 3.05) is 19.6 Å². The molecule has 0 radical (unpaired) electrons. The third-order valence-corrected chi connectivity index (χ3v) is 4.77. The third-order valence-electron chi connectivity index (χ3n) is 4.77. The number of piperidine rings is 1. The molecule has 1 heterocycles. The van der Waals surface area contributed by atoms with Gasteiger partial charge in [0.05, 0.1) is 0 Å². The van der Waals surface area contributed by atoms with E-state index in [1.54, 1.807) is 0 Å². The van der Waals surface area contributed by atoms with Gasteiger partial charge in [-0.15, -0.1) is 0 Å². The topological polar surface area (TPSA) is 40.5 Å². The summed E-state index contributed by atoms with van der Waals surface area (Å²) in [5, 5.41) is 8.64. The maximum atomic E-state index is 10.5. The molecule has 1 spiro atoms. The minimum Gasteiger partial charge on any atom is -0.481 e. The van der Waals surface area contributed by atoms with Crippen LogP contribution in [0.3, 0.4) is 0 Å². The maximum absolute atomic E-state index is 10.5. The maximum Gasteiger partial charge on any atom is 0.303 e. The van der Waals surface area contributed by atoms with Crippen molar-refractivity contribution in [3.63, 3.8) is 0 Å². The highest BCUT2D eigenvalue weighted by Gasteiger charge is 2.35. The molecule has 104 valence electrons. The Morgan fingerprint density at radius 1 is 1.06 bits per heavy atom. The number of aliphatic carboxylic acids is 1. The quantitative estimate of drug-likeness (QED) is 0.764. The van der Waals surface area contributed by atoms with Gasteiger partial charge in [-0.05, 0) is 57.0 Å². The first kappa shape index (κ1) is 13.9. The van der Waals surface area contributed by atoms with Crippen LogP contribution in [0.4, 0.5) is 0 Å². The number of carbonyl (C=O) groups is 1. The Kier molecular flexibility index (Phi) is 5.04. The van der Waals surface area contributed by atoms with Crippen molar-refractivity contribution in [3.05, 3.63) is 0 Å². The molecule has 1 aliphatic carbocycles. The van der Waals surface area contributed by atoms with Crippen molar-refractivity contribution in [1.29, 1.82) is 0 Å². The van der Waals surface area contributed by atoms with E-state index in [0.29, 0.717) is 11.8 Å². The Balaban J connectivity index is 1.71. The first-order chi connectivity index (χ1) is 8.70. The van der Waals surface area contributed by atoms with E-state index < -0.39 is 5.97 Å². The monoisotopic (exact) mass is 253 g/mol.